The lowest BCUT2D eigenvalue weighted by Crippen LogP contribution is -2.81. The van der Waals surface area contributed by atoms with Crippen LogP contribution in [-0.2, 0) is 47.5 Å². The maximum Gasteiger partial charge on any atom is 0.340 e. The molecule has 15 heteroatoms. The van der Waals surface area contributed by atoms with Crippen molar-refractivity contribution in [1.82, 2.24) is 9.97 Å². The molecular weight excluding hydrogens is 716 g/mol. The Bertz CT molecular complexity index is 1940. The molecule has 290 valence electrons. The number of nitrogens with zero attached hydrogens (tertiary/aromatic N) is 2. The van der Waals surface area contributed by atoms with Gasteiger partial charge in [0.05, 0.1) is 28.2 Å². The normalized spacial score (nSPS) is 30.1. The van der Waals surface area contributed by atoms with Crippen LogP contribution in [0.25, 0.3) is 0 Å². The molecule has 2 aromatic heterocycles. The minimum atomic E-state index is -2.13. The summed E-state index contributed by atoms with van der Waals surface area (Å²) in [6.45, 7) is 7.93. The minimum absolute atomic E-state index is 0.00396. The molecule has 2 saturated carbocycles. The zero-order valence-electron chi connectivity index (χ0n) is 31.2. The molecule has 0 amide bonds. The summed E-state index contributed by atoms with van der Waals surface area (Å²) in [7, 11) is 0. The Morgan fingerprint density at radius 1 is 0.673 bits per heavy atom. The number of aromatic nitrogens is 2. The molecule has 15 nitrogen and oxygen atoms in total. The predicted molar refractivity (Wildman–Crippen MR) is 188 cm³/mol. The molecule has 3 heterocycles. The number of fused-ring (bicyclic) bond motifs is 1. The molecule has 6 rings (SSSR count). The third kappa shape index (κ3) is 7.04. The molecule has 2 bridgehead atoms. The van der Waals surface area contributed by atoms with Crippen LogP contribution in [0.4, 0.5) is 0 Å². The van der Waals surface area contributed by atoms with Crippen molar-refractivity contribution in [2.75, 3.05) is 6.61 Å². The van der Waals surface area contributed by atoms with Gasteiger partial charge < -0.3 is 33.2 Å². The van der Waals surface area contributed by atoms with Crippen LogP contribution in [-0.4, -0.2) is 94.1 Å². The van der Waals surface area contributed by atoms with Crippen LogP contribution < -0.4 is 0 Å². The number of rotatable bonds is 10. The summed E-state index contributed by atoms with van der Waals surface area (Å²) < 4.78 is 44.2. The maximum atomic E-state index is 14.2. The van der Waals surface area contributed by atoms with Crippen molar-refractivity contribution in [1.29, 1.82) is 0 Å². The highest BCUT2D eigenvalue weighted by molar-refractivity contribution is 5.91. The minimum Gasteiger partial charge on any atom is -0.465 e. The fraction of sp³-hybridized carbons (Fsp3) is 0.450. The van der Waals surface area contributed by atoms with Gasteiger partial charge in [-0.3, -0.25) is 24.4 Å². The summed E-state index contributed by atoms with van der Waals surface area (Å²) in [6.07, 6.45) is -2.08. The monoisotopic (exact) mass is 758 g/mol. The van der Waals surface area contributed by atoms with Gasteiger partial charge in [0.25, 0.3) is 0 Å². The SMILES string of the molecule is CC(=O)OC[C@]12[C@H](OC(=O)c3cccnc3)[C@H](OC(C)=O)[C@@H]3[C@H](OC(C)=O)[C@]1(OC3(C)C)[C@H](C)C[C@H](OC(=O)c1ccccc1)[C@@H]2OC(=O)c1cccnc1. The van der Waals surface area contributed by atoms with Crippen LogP contribution in [0.3, 0.4) is 0 Å². The Labute approximate surface area is 316 Å². The largest absolute Gasteiger partial charge is 0.465 e. The van der Waals surface area contributed by atoms with E-state index in [4.69, 9.17) is 33.2 Å². The summed E-state index contributed by atoms with van der Waals surface area (Å²) in [5, 5.41) is 0. The molecular formula is C40H42N2O13. The molecule has 9 atom stereocenters. The van der Waals surface area contributed by atoms with Crippen molar-refractivity contribution >= 4 is 35.8 Å². The number of hydrogen-bond acceptors (Lipinski definition) is 15. The highest BCUT2D eigenvalue weighted by Gasteiger charge is 2.86. The second-order valence-corrected chi connectivity index (χ2v) is 14.5. The highest BCUT2D eigenvalue weighted by atomic mass is 16.6. The van der Waals surface area contributed by atoms with E-state index in [1.54, 1.807) is 51.1 Å². The van der Waals surface area contributed by atoms with E-state index in [1.807, 2.05) is 0 Å². The molecule has 55 heavy (non-hydrogen) atoms. The number of hydrogen-bond donors (Lipinski definition) is 0. The fourth-order valence-electron chi connectivity index (χ4n) is 8.77. The van der Waals surface area contributed by atoms with Gasteiger partial charge in [-0.2, -0.15) is 0 Å². The first-order chi connectivity index (χ1) is 26.1. The molecule has 3 aliphatic rings. The number of carbonyl (C=O) groups is 6. The highest BCUT2D eigenvalue weighted by Crippen LogP contribution is 2.68. The van der Waals surface area contributed by atoms with Crippen molar-refractivity contribution < 1.29 is 61.9 Å². The van der Waals surface area contributed by atoms with Crippen LogP contribution >= 0.6 is 0 Å². The van der Waals surface area contributed by atoms with Gasteiger partial charge in [-0.25, -0.2) is 14.4 Å². The van der Waals surface area contributed by atoms with Gasteiger partial charge in [0.15, 0.2) is 12.2 Å². The number of carbonyl (C=O) groups excluding carboxylic acids is 6. The predicted octanol–water partition coefficient (Wildman–Crippen LogP) is 4.08. The van der Waals surface area contributed by atoms with Crippen molar-refractivity contribution in [2.45, 2.75) is 89.7 Å². The molecule has 0 N–H and O–H groups in total. The second-order valence-electron chi connectivity index (χ2n) is 14.5. The average molecular weight is 759 g/mol. The van der Waals surface area contributed by atoms with Crippen LogP contribution in [0.1, 0.15) is 79.0 Å². The van der Waals surface area contributed by atoms with E-state index in [0.29, 0.717) is 0 Å². The van der Waals surface area contributed by atoms with E-state index in [0.717, 1.165) is 13.8 Å². The summed E-state index contributed by atoms with van der Waals surface area (Å²) in [5.74, 6) is -6.74. The number of esters is 6. The Morgan fingerprint density at radius 2 is 1.22 bits per heavy atom. The lowest BCUT2D eigenvalue weighted by molar-refractivity contribution is -0.326. The first kappa shape index (κ1) is 39.0. The molecule has 0 unspecified atom stereocenters. The van der Waals surface area contributed by atoms with Crippen LogP contribution in [0, 0.1) is 17.3 Å². The van der Waals surface area contributed by atoms with E-state index in [-0.39, 0.29) is 23.1 Å². The van der Waals surface area contributed by atoms with Crippen molar-refractivity contribution in [3.05, 3.63) is 96.1 Å². The first-order valence-electron chi connectivity index (χ1n) is 17.8. The van der Waals surface area contributed by atoms with Gasteiger partial charge in [-0.15, -0.1) is 0 Å². The van der Waals surface area contributed by atoms with Crippen LogP contribution in [0.15, 0.2) is 79.4 Å². The Kier molecular flexibility index (Phi) is 10.8. The lowest BCUT2D eigenvalue weighted by Gasteiger charge is -2.64. The quantitative estimate of drug-likeness (QED) is 0.212. The van der Waals surface area contributed by atoms with Crippen molar-refractivity contribution in [3.63, 3.8) is 0 Å². The average Bonchev–Trinajstić information content (AvgIpc) is 3.34. The van der Waals surface area contributed by atoms with Gasteiger partial charge in [0.1, 0.15) is 35.9 Å². The molecule has 2 aliphatic carbocycles. The number of pyridine rings is 2. The smallest absolute Gasteiger partial charge is 0.340 e. The van der Waals surface area contributed by atoms with E-state index in [1.165, 1.54) is 56.0 Å². The summed E-state index contributed by atoms with van der Waals surface area (Å²) in [4.78, 5) is 89.3. The molecule has 1 saturated heterocycles. The zero-order valence-corrected chi connectivity index (χ0v) is 31.2. The topological polar surface area (TPSA) is 193 Å². The molecule has 1 spiro atoms. The van der Waals surface area contributed by atoms with Gasteiger partial charge >= 0.3 is 35.8 Å². The summed E-state index contributed by atoms with van der Waals surface area (Å²) in [6, 6.07) is 14.0. The van der Waals surface area contributed by atoms with Crippen molar-refractivity contribution in [3.8, 4) is 0 Å². The molecule has 1 aromatic carbocycles. The number of benzene rings is 1. The van der Waals surface area contributed by atoms with E-state index < -0.39 is 101 Å². The van der Waals surface area contributed by atoms with Crippen LogP contribution in [0.5, 0.6) is 0 Å². The van der Waals surface area contributed by atoms with Crippen LogP contribution in [0.2, 0.25) is 0 Å². The Balaban J connectivity index is 1.67. The molecule has 1 aliphatic heterocycles. The first-order valence-corrected chi connectivity index (χ1v) is 17.8. The third-order valence-electron chi connectivity index (χ3n) is 10.7. The number of ether oxygens (including phenoxy) is 7. The van der Waals surface area contributed by atoms with E-state index >= 15 is 0 Å². The second kappa shape index (κ2) is 15.2. The third-order valence-corrected chi connectivity index (χ3v) is 10.7. The Hall–Kier alpha value is -5.70. The maximum absolute atomic E-state index is 14.2. The van der Waals surface area contributed by atoms with E-state index in [2.05, 4.69) is 9.97 Å². The molecule has 0 radical (unpaired) electrons. The van der Waals surface area contributed by atoms with Gasteiger partial charge in [-0.1, -0.05) is 25.1 Å². The van der Waals surface area contributed by atoms with E-state index in [9.17, 15) is 28.8 Å². The van der Waals surface area contributed by atoms with Gasteiger partial charge in [-0.05, 0) is 62.6 Å². The lowest BCUT2D eigenvalue weighted by atomic mass is 9.47. The fourth-order valence-corrected chi connectivity index (χ4v) is 8.77. The standard InChI is InChI=1S/C40H42N2O13/c1-22-18-29(52-35(46)26-12-8-7-9-13-26)32(53-36(47)27-14-10-16-41-19-27)39(21-49-23(2)43)34(54-37(48)28-15-11-17-42-20-28)31(50-24(3)44)30-33(51-25(4)45)40(22,39)55-38(30,5)6/h7-17,19-20,22,29-34H,18,21H2,1-6H3/t22-,29+,30-,31-,32+,33+,34-,39+,40-/m1/s1. The molecule has 3 aromatic rings. The van der Waals surface area contributed by atoms with Gasteiger partial charge in [0.2, 0.25) is 0 Å². The zero-order chi connectivity index (χ0) is 39.7. The summed E-state index contributed by atoms with van der Waals surface area (Å²) >= 11 is 0. The summed E-state index contributed by atoms with van der Waals surface area (Å²) in [5.41, 5.74) is -5.07. The van der Waals surface area contributed by atoms with Gasteiger partial charge in [0, 0.05) is 45.6 Å². The van der Waals surface area contributed by atoms with Crippen molar-refractivity contribution in [2.24, 2.45) is 17.3 Å². The Morgan fingerprint density at radius 3 is 1.75 bits per heavy atom. The molecule has 3 fully saturated rings.